The molecule has 0 spiro atoms. The molecule has 0 N–H and O–H groups in total. The van der Waals surface area contributed by atoms with E-state index in [4.69, 9.17) is 11.6 Å². The van der Waals surface area contributed by atoms with Gasteiger partial charge in [-0.25, -0.2) is 9.50 Å². The molecule has 0 saturated heterocycles. The van der Waals surface area contributed by atoms with Gasteiger partial charge in [-0.3, -0.25) is 4.98 Å². The van der Waals surface area contributed by atoms with Crippen LogP contribution in [0.5, 0.6) is 0 Å². The molecule has 3 aromatic heterocycles. The maximum absolute atomic E-state index is 6.39. The first-order chi connectivity index (χ1) is 9.20. The van der Waals surface area contributed by atoms with Crippen molar-refractivity contribution in [3.05, 3.63) is 46.9 Å². The van der Waals surface area contributed by atoms with Crippen LogP contribution in [0.3, 0.4) is 0 Å². The highest BCUT2D eigenvalue weighted by molar-refractivity contribution is 6.30. The molecule has 96 valence electrons. The van der Waals surface area contributed by atoms with Gasteiger partial charge >= 0.3 is 0 Å². The summed E-state index contributed by atoms with van der Waals surface area (Å²) in [7, 11) is 0. The van der Waals surface area contributed by atoms with Gasteiger partial charge in [0.2, 0.25) is 0 Å². The topological polar surface area (TPSA) is 43.1 Å². The molecule has 3 aromatic rings. The molecule has 3 heterocycles. The maximum atomic E-state index is 6.39. The van der Waals surface area contributed by atoms with Gasteiger partial charge in [0, 0.05) is 18.0 Å². The van der Waals surface area contributed by atoms with Crippen molar-refractivity contribution in [1.29, 1.82) is 0 Å². The largest absolute Gasteiger partial charge is 0.264 e. The Labute approximate surface area is 116 Å². The van der Waals surface area contributed by atoms with E-state index in [9.17, 15) is 0 Å². The zero-order valence-electron chi connectivity index (χ0n) is 10.8. The minimum absolute atomic E-state index is 0.639. The Morgan fingerprint density at radius 1 is 1.37 bits per heavy atom. The quantitative estimate of drug-likeness (QED) is 0.672. The van der Waals surface area contributed by atoms with Crippen LogP contribution in [0.2, 0.25) is 5.15 Å². The lowest BCUT2D eigenvalue weighted by Gasteiger charge is -2.06. The van der Waals surface area contributed by atoms with Gasteiger partial charge in [0.15, 0.2) is 11.5 Å². The van der Waals surface area contributed by atoms with Crippen molar-refractivity contribution in [2.24, 2.45) is 0 Å². The highest BCUT2D eigenvalue weighted by Crippen LogP contribution is 2.24. The molecule has 0 aromatic carbocycles. The Kier molecular flexibility index (Phi) is 2.95. The fourth-order valence-electron chi connectivity index (χ4n) is 2.18. The van der Waals surface area contributed by atoms with E-state index in [0.29, 0.717) is 11.0 Å². The molecule has 0 saturated carbocycles. The summed E-state index contributed by atoms with van der Waals surface area (Å²) >= 11 is 6.39. The highest BCUT2D eigenvalue weighted by atomic mass is 35.5. The lowest BCUT2D eigenvalue weighted by Crippen LogP contribution is -1.98. The number of aryl methyl sites for hydroxylation is 1. The zero-order valence-corrected chi connectivity index (χ0v) is 11.5. The zero-order chi connectivity index (χ0) is 13.4. The average Bonchev–Trinajstić information content (AvgIpc) is 2.84. The molecule has 0 bridgehead atoms. The van der Waals surface area contributed by atoms with Crippen LogP contribution in [0.4, 0.5) is 0 Å². The second kappa shape index (κ2) is 4.63. The van der Waals surface area contributed by atoms with Gasteiger partial charge in [-0.15, -0.1) is 5.10 Å². The van der Waals surface area contributed by atoms with Crippen LogP contribution in [0, 0.1) is 6.92 Å². The molecule has 3 rings (SSSR count). The Morgan fingerprint density at radius 2 is 2.21 bits per heavy atom. The standard InChI is InChI=1S/C14H13ClN4/c1-3-11-9(2)7-12-17-14(18-19(12)13(11)15)10-5-4-6-16-8-10/h4-8H,3H2,1-2H3. The van der Waals surface area contributed by atoms with E-state index < -0.39 is 0 Å². The molecule has 0 aliphatic heterocycles. The van der Waals surface area contributed by atoms with Crippen molar-refractivity contribution in [2.75, 3.05) is 0 Å². The van der Waals surface area contributed by atoms with Crippen LogP contribution >= 0.6 is 11.6 Å². The second-order valence-corrected chi connectivity index (χ2v) is 4.76. The van der Waals surface area contributed by atoms with Gasteiger partial charge in [0.25, 0.3) is 0 Å². The summed E-state index contributed by atoms with van der Waals surface area (Å²) in [5.74, 6) is 0.641. The molecule has 5 heteroatoms. The van der Waals surface area contributed by atoms with E-state index in [1.54, 1.807) is 16.9 Å². The van der Waals surface area contributed by atoms with E-state index in [-0.39, 0.29) is 0 Å². The lowest BCUT2D eigenvalue weighted by atomic mass is 10.1. The molecule has 0 fully saturated rings. The van der Waals surface area contributed by atoms with Gasteiger partial charge in [-0.1, -0.05) is 18.5 Å². The first-order valence-corrected chi connectivity index (χ1v) is 6.53. The second-order valence-electron chi connectivity index (χ2n) is 4.40. The first-order valence-electron chi connectivity index (χ1n) is 6.16. The summed E-state index contributed by atoms with van der Waals surface area (Å²) in [5, 5.41) is 5.10. The van der Waals surface area contributed by atoms with Crippen molar-refractivity contribution in [1.82, 2.24) is 19.6 Å². The Morgan fingerprint density at radius 3 is 2.89 bits per heavy atom. The third kappa shape index (κ3) is 1.98. The molecule has 4 nitrogen and oxygen atoms in total. The SMILES string of the molecule is CCc1c(C)cc2nc(-c3cccnc3)nn2c1Cl. The number of fused-ring (bicyclic) bond motifs is 1. The highest BCUT2D eigenvalue weighted by Gasteiger charge is 2.13. The summed E-state index contributed by atoms with van der Waals surface area (Å²) < 4.78 is 1.69. The molecular weight excluding hydrogens is 260 g/mol. The molecule has 19 heavy (non-hydrogen) atoms. The minimum Gasteiger partial charge on any atom is -0.264 e. The Balaban J connectivity index is 2.24. The van der Waals surface area contributed by atoms with Gasteiger partial charge in [-0.05, 0) is 42.7 Å². The molecular formula is C14H13ClN4. The minimum atomic E-state index is 0.639. The lowest BCUT2D eigenvalue weighted by molar-refractivity contribution is 0.932. The van der Waals surface area contributed by atoms with E-state index in [1.807, 2.05) is 25.1 Å². The fourth-order valence-corrected chi connectivity index (χ4v) is 2.58. The third-order valence-electron chi connectivity index (χ3n) is 3.16. The first kappa shape index (κ1) is 12.1. The number of rotatable bonds is 2. The summed E-state index contributed by atoms with van der Waals surface area (Å²) in [6.07, 6.45) is 4.35. The Bertz CT molecular complexity index is 734. The summed E-state index contributed by atoms with van der Waals surface area (Å²) in [4.78, 5) is 8.59. The van der Waals surface area contributed by atoms with Gasteiger partial charge < -0.3 is 0 Å². The van der Waals surface area contributed by atoms with Crippen molar-refractivity contribution in [3.8, 4) is 11.4 Å². The van der Waals surface area contributed by atoms with E-state index >= 15 is 0 Å². The van der Waals surface area contributed by atoms with Crippen LogP contribution in [-0.2, 0) is 6.42 Å². The van der Waals surface area contributed by atoms with Crippen LogP contribution < -0.4 is 0 Å². The van der Waals surface area contributed by atoms with Crippen LogP contribution in [-0.4, -0.2) is 19.6 Å². The predicted octanol–water partition coefficient (Wildman–Crippen LogP) is 3.32. The maximum Gasteiger partial charge on any atom is 0.183 e. The van der Waals surface area contributed by atoms with Crippen LogP contribution in [0.15, 0.2) is 30.6 Å². The summed E-state index contributed by atoms with van der Waals surface area (Å²) in [5.41, 5.74) is 3.90. The smallest absolute Gasteiger partial charge is 0.183 e. The molecule has 0 radical (unpaired) electrons. The monoisotopic (exact) mass is 272 g/mol. The van der Waals surface area contributed by atoms with Crippen LogP contribution in [0.1, 0.15) is 18.1 Å². The average molecular weight is 273 g/mol. The number of hydrogen-bond acceptors (Lipinski definition) is 3. The van der Waals surface area contributed by atoms with Gasteiger partial charge in [0.1, 0.15) is 5.15 Å². The van der Waals surface area contributed by atoms with E-state index in [1.165, 1.54) is 0 Å². The van der Waals surface area contributed by atoms with Crippen molar-refractivity contribution < 1.29 is 0 Å². The fraction of sp³-hybridized carbons (Fsp3) is 0.214. The van der Waals surface area contributed by atoms with E-state index in [2.05, 4.69) is 22.0 Å². The van der Waals surface area contributed by atoms with Crippen molar-refractivity contribution >= 4 is 17.2 Å². The predicted molar refractivity (Wildman–Crippen MR) is 75.3 cm³/mol. The normalized spacial score (nSPS) is 11.1. The van der Waals surface area contributed by atoms with Crippen molar-refractivity contribution in [3.63, 3.8) is 0 Å². The molecule has 0 unspecified atom stereocenters. The van der Waals surface area contributed by atoms with Crippen molar-refractivity contribution in [2.45, 2.75) is 20.3 Å². The molecule has 0 aliphatic carbocycles. The number of pyridine rings is 2. The number of halogens is 1. The number of nitrogens with zero attached hydrogens (tertiary/aromatic N) is 4. The Hall–Kier alpha value is -1.94. The summed E-state index contributed by atoms with van der Waals surface area (Å²) in [6.45, 7) is 4.13. The molecule has 0 aliphatic rings. The number of hydrogen-bond donors (Lipinski definition) is 0. The van der Waals surface area contributed by atoms with E-state index in [0.717, 1.165) is 28.8 Å². The van der Waals surface area contributed by atoms with Crippen LogP contribution in [0.25, 0.3) is 17.0 Å². The summed E-state index contributed by atoms with van der Waals surface area (Å²) in [6, 6.07) is 5.81. The third-order valence-corrected chi connectivity index (χ3v) is 3.55. The molecule has 0 atom stereocenters. The van der Waals surface area contributed by atoms with Gasteiger partial charge in [-0.2, -0.15) is 0 Å². The number of aromatic nitrogens is 4. The molecule has 0 amide bonds. The van der Waals surface area contributed by atoms with Gasteiger partial charge in [0.05, 0.1) is 0 Å².